The SMILES string of the molecule is COc1nc(N2CCC(O)C2)ncc1Br. The highest BCUT2D eigenvalue weighted by molar-refractivity contribution is 9.10. The van der Waals surface area contributed by atoms with Crippen LogP contribution >= 0.6 is 15.9 Å². The summed E-state index contributed by atoms with van der Waals surface area (Å²) in [5, 5.41) is 9.40. The molecule has 0 saturated carbocycles. The Morgan fingerprint density at radius 3 is 3.07 bits per heavy atom. The predicted molar refractivity (Wildman–Crippen MR) is 59.1 cm³/mol. The van der Waals surface area contributed by atoms with Crippen molar-refractivity contribution in [3.05, 3.63) is 10.7 Å². The van der Waals surface area contributed by atoms with Gasteiger partial charge < -0.3 is 14.7 Å². The van der Waals surface area contributed by atoms with Crippen molar-refractivity contribution >= 4 is 21.9 Å². The fourth-order valence-electron chi connectivity index (χ4n) is 1.56. The molecule has 5 nitrogen and oxygen atoms in total. The van der Waals surface area contributed by atoms with Crippen LogP contribution in [0.5, 0.6) is 5.88 Å². The van der Waals surface area contributed by atoms with E-state index in [0.29, 0.717) is 18.4 Å². The van der Waals surface area contributed by atoms with Gasteiger partial charge in [0.25, 0.3) is 0 Å². The van der Waals surface area contributed by atoms with E-state index in [1.54, 1.807) is 13.3 Å². The molecule has 1 fully saturated rings. The Bertz CT molecular complexity index is 361. The van der Waals surface area contributed by atoms with Crippen molar-refractivity contribution in [2.24, 2.45) is 0 Å². The average molecular weight is 274 g/mol. The standard InChI is InChI=1S/C9H12BrN3O2/c1-15-8-7(10)4-11-9(12-8)13-3-2-6(14)5-13/h4,6,14H,2-3,5H2,1H3. The minimum absolute atomic E-state index is 0.275. The first kappa shape index (κ1) is 10.6. The van der Waals surface area contributed by atoms with Crippen molar-refractivity contribution in [2.75, 3.05) is 25.1 Å². The lowest BCUT2D eigenvalue weighted by Crippen LogP contribution is -2.23. The van der Waals surface area contributed by atoms with E-state index in [2.05, 4.69) is 25.9 Å². The molecule has 1 atom stereocenters. The van der Waals surface area contributed by atoms with Crippen molar-refractivity contribution in [1.82, 2.24) is 9.97 Å². The summed E-state index contributed by atoms with van der Waals surface area (Å²) in [6.07, 6.45) is 2.15. The summed E-state index contributed by atoms with van der Waals surface area (Å²) in [6.45, 7) is 1.37. The highest BCUT2D eigenvalue weighted by Gasteiger charge is 2.22. The summed E-state index contributed by atoms with van der Waals surface area (Å²) in [6, 6.07) is 0. The van der Waals surface area contributed by atoms with E-state index < -0.39 is 0 Å². The topological polar surface area (TPSA) is 58.5 Å². The number of nitrogens with zero attached hydrogens (tertiary/aromatic N) is 3. The number of aliphatic hydroxyl groups is 1. The number of β-amino-alcohol motifs (C(OH)–C–C–N with tert-alkyl or cyclic N) is 1. The number of rotatable bonds is 2. The number of hydrogen-bond donors (Lipinski definition) is 1. The lowest BCUT2D eigenvalue weighted by molar-refractivity contribution is 0.198. The molecule has 1 aliphatic rings. The van der Waals surface area contributed by atoms with E-state index in [1.165, 1.54) is 0 Å². The number of aromatic nitrogens is 2. The van der Waals surface area contributed by atoms with Crippen LogP contribution in [-0.2, 0) is 0 Å². The number of aliphatic hydroxyl groups excluding tert-OH is 1. The summed E-state index contributed by atoms with van der Waals surface area (Å²) in [7, 11) is 1.57. The Morgan fingerprint density at radius 2 is 2.47 bits per heavy atom. The molecule has 15 heavy (non-hydrogen) atoms. The Labute approximate surface area is 96.2 Å². The second kappa shape index (κ2) is 4.32. The van der Waals surface area contributed by atoms with Crippen LogP contribution < -0.4 is 9.64 Å². The van der Waals surface area contributed by atoms with Gasteiger partial charge >= 0.3 is 0 Å². The van der Waals surface area contributed by atoms with Gasteiger partial charge in [-0.1, -0.05) is 0 Å². The first-order chi connectivity index (χ1) is 7.20. The molecule has 1 saturated heterocycles. The van der Waals surface area contributed by atoms with Gasteiger partial charge in [-0.05, 0) is 22.4 Å². The van der Waals surface area contributed by atoms with Crippen LogP contribution in [0.3, 0.4) is 0 Å². The van der Waals surface area contributed by atoms with E-state index in [0.717, 1.165) is 17.4 Å². The van der Waals surface area contributed by atoms with Crippen molar-refractivity contribution < 1.29 is 9.84 Å². The van der Waals surface area contributed by atoms with Gasteiger partial charge in [0.2, 0.25) is 11.8 Å². The van der Waals surface area contributed by atoms with Crippen molar-refractivity contribution in [2.45, 2.75) is 12.5 Å². The maximum Gasteiger partial charge on any atom is 0.232 e. The van der Waals surface area contributed by atoms with Crippen LogP contribution in [0.2, 0.25) is 0 Å². The van der Waals surface area contributed by atoms with Crippen molar-refractivity contribution in [1.29, 1.82) is 0 Å². The van der Waals surface area contributed by atoms with Gasteiger partial charge in [0.15, 0.2) is 0 Å². The normalized spacial score (nSPS) is 20.7. The lowest BCUT2D eigenvalue weighted by atomic mass is 10.3. The molecule has 1 unspecified atom stereocenters. The smallest absolute Gasteiger partial charge is 0.232 e. The molecule has 1 N–H and O–H groups in total. The molecular formula is C9H12BrN3O2. The van der Waals surface area contributed by atoms with Gasteiger partial charge in [0, 0.05) is 13.1 Å². The fourth-order valence-corrected chi connectivity index (χ4v) is 1.91. The molecule has 0 aromatic carbocycles. The fraction of sp³-hybridized carbons (Fsp3) is 0.556. The van der Waals surface area contributed by atoms with E-state index in [-0.39, 0.29) is 6.10 Å². The van der Waals surface area contributed by atoms with Crippen molar-refractivity contribution in [3.8, 4) is 5.88 Å². The second-order valence-electron chi connectivity index (χ2n) is 3.42. The third-order valence-electron chi connectivity index (χ3n) is 2.34. The summed E-state index contributed by atoms with van der Waals surface area (Å²) >= 11 is 3.29. The van der Waals surface area contributed by atoms with Gasteiger partial charge in [0.1, 0.15) is 0 Å². The maximum absolute atomic E-state index is 9.40. The molecule has 0 radical (unpaired) electrons. The zero-order valence-electron chi connectivity index (χ0n) is 8.35. The molecule has 2 heterocycles. The van der Waals surface area contributed by atoms with Gasteiger partial charge in [-0.2, -0.15) is 4.98 Å². The summed E-state index contributed by atoms with van der Waals surface area (Å²) in [5.74, 6) is 1.12. The van der Waals surface area contributed by atoms with Crippen LogP contribution in [-0.4, -0.2) is 41.4 Å². The molecule has 1 aromatic rings. The van der Waals surface area contributed by atoms with Gasteiger partial charge in [-0.3, -0.25) is 0 Å². The Hall–Kier alpha value is -0.880. The van der Waals surface area contributed by atoms with E-state index >= 15 is 0 Å². The quantitative estimate of drug-likeness (QED) is 0.865. The number of hydrogen-bond acceptors (Lipinski definition) is 5. The Kier molecular flexibility index (Phi) is 3.06. The maximum atomic E-state index is 9.40. The Morgan fingerprint density at radius 1 is 1.67 bits per heavy atom. The zero-order chi connectivity index (χ0) is 10.8. The molecule has 0 amide bonds. The molecule has 1 aliphatic heterocycles. The highest BCUT2D eigenvalue weighted by Crippen LogP contribution is 2.24. The van der Waals surface area contributed by atoms with Crippen molar-refractivity contribution in [3.63, 3.8) is 0 Å². The zero-order valence-corrected chi connectivity index (χ0v) is 9.94. The van der Waals surface area contributed by atoms with E-state index in [4.69, 9.17) is 4.74 Å². The summed E-state index contributed by atoms with van der Waals surface area (Å²) in [4.78, 5) is 10.4. The minimum Gasteiger partial charge on any atom is -0.480 e. The molecule has 0 spiro atoms. The third-order valence-corrected chi connectivity index (χ3v) is 2.88. The molecule has 0 aliphatic carbocycles. The molecule has 82 valence electrons. The van der Waals surface area contributed by atoms with Crippen LogP contribution in [0.1, 0.15) is 6.42 Å². The number of methoxy groups -OCH3 is 1. The summed E-state index contributed by atoms with van der Waals surface area (Å²) < 4.78 is 5.81. The van der Waals surface area contributed by atoms with Crippen LogP contribution in [0.25, 0.3) is 0 Å². The Balaban J connectivity index is 2.21. The van der Waals surface area contributed by atoms with Gasteiger partial charge in [-0.25, -0.2) is 4.98 Å². The molecule has 1 aromatic heterocycles. The van der Waals surface area contributed by atoms with Crippen LogP contribution in [0, 0.1) is 0 Å². The second-order valence-corrected chi connectivity index (χ2v) is 4.27. The largest absolute Gasteiger partial charge is 0.480 e. The lowest BCUT2D eigenvalue weighted by Gasteiger charge is -2.15. The number of ether oxygens (including phenoxy) is 1. The first-order valence-corrected chi connectivity index (χ1v) is 5.49. The molecular weight excluding hydrogens is 262 g/mol. The molecule has 2 rings (SSSR count). The van der Waals surface area contributed by atoms with E-state index in [9.17, 15) is 5.11 Å². The first-order valence-electron chi connectivity index (χ1n) is 4.70. The summed E-state index contributed by atoms with van der Waals surface area (Å²) in [5.41, 5.74) is 0. The minimum atomic E-state index is -0.275. The number of anilines is 1. The average Bonchev–Trinajstić information content (AvgIpc) is 2.66. The monoisotopic (exact) mass is 273 g/mol. The number of halogens is 1. The van der Waals surface area contributed by atoms with Gasteiger partial charge in [-0.15, -0.1) is 0 Å². The van der Waals surface area contributed by atoms with Crippen LogP contribution in [0.15, 0.2) is 10.7 Å². The van der Waals surface area contributed by atoms with E-state index in [1.807, 2.05) is 4.90 Å². The molecule has 0 bridgehead atoms. The van der Waals surface area contributed by atoms with Crippen LogP contribution in [0.4, 0.5) is 5.95 Å². The molecule has 6 heteroatoms. The highest BCUT2D eigenvalue weighted by atomic mass is 79.9. The third kappa shape index (κ3) is 2.21. The predicted octanol–water partition coefficient (Wildman–Crippen LogP) is 0.819. The van der Waals surface area contributed by atoms with Gasteiger partial charge in [0.05, 0.1) is 23.9 Å².